The molecule has 0 aliphatic rings. The van der Waals surface area contributed by atoms with Crippen molar-refractivity contribution in [2.75, 3.05) is 51.0 Å². The van der Waals surface area contributed by atoms with Crippen LogP contribution in [0.3, 0.4) is 0 Å². The average molecular weight is 255 g/mol. The van der Waals surface area contributed by atoms with Crippen LogP contribution in [0.2, 0.25) is 0 Å². The van der Waals surface area contributed by atoms with E-state index in [1.165, 1.54) is 6.20 Å². The quantitative estimate of drug-likeness (QED) is 0.798. The van der Waals surface area contributed by atoms with Gasteiger partial charge in [-0.15, -0.1) is 0 Å². The molecule has 1 heterocycles. The summed E-state index contributed by atoms with van der Waals surface area (Å²) in [5, 5.41) is 3.06. The van der Waals surface area contributed by atoms with E-state index < -0.39 is 5.82 Å². The minimum atomic E-state index is -0.390. The molecule has 1 aromatic rings. The standard InChI is InChI=1S/C12H22FN5/c1-5-6-14-12-15-9-10(13)11(16-12)18(4)8-7-17(2)3/h9H,5-8H2,1-4H3,(H,14,15,16). The number of nitrogens with one attached hydrogen (secondary N) is 1. The van der Waals surface area contributed by atoms with Gasteiger partial charge in [0.05, 0.1) is 6.20 Å². The van der Waals surface area contributed by atoms with Crippen LogP contribution in [0.5, 0.6) is 0 Å². The highest BCUT2D eigenvalue weighted by Crippen LogP contribution is 2.15. The molecule has 0 radical (unpaired) electrons. The lowest BCUT2D eigenvalue weighted by Crippen LogP contribution is -2.30. The molecule has 102 valence electrons. The van der Waals surface area contributed by atoms with Crippen molar-refractivity contribution in [3.8, 4) is 0 Å². The summed E-state index contributed by atoms with van der Waals surface area (Å²) in [7, 11) is 5.80. The number of nitrogens with zero attached hydrogens (tertiary/aromatic N) is 4. The van der Waals surface area contributed by atoms with E-state index in [1.54, 1.807) is 4.90 Å². The first-order valence-corrected chi connectivity index (χ1v) is 6.17. The zero-order chi connectivity index (χ0) is 13.5. The number of hydrogen-bond acceptors (Lipinski definition) is 5. The van der Waals surface area contributed by atoms with E-state index in [0.717, 1.165) is 19.5 Å². The topological polar surface area (TPSA) is 44.3 Å². The van der Waals surface area contributed by atoms with Gasteiger partial charge in [-0.3, -0.25) is 0 Å². The zero-order valence-corrected chi connectivity index (χ0v) is 11.6. The van der Waals surface area contributed by atoms with Gasteiger partial charge in [0.15, 0.2) is 11.6 Å². The van der Waals surface area contributed by atoms with Crippen molar-refractivity contribution in [1.82, 2.24) is 14.9 Å². The van der Waals surface area contributed by atoms with Crippen molar-refractivity contribution in [3.63, 3.8) is 0 Å². The fraction of sp³-hybridized carbons (Fsp3) is 0.667. The third-order valence-corrected chi connectivity index (χ3v) is 2.50. The van der Waals surface area contributed by atoms with E-state index in [0.29, 0.717) is 18.3 Å². The summed E-state index contributed by atoms with van der Waals surface area (Å²) < 4.78 is 13.7. The van der Waals surface area contributed by atoms with Crippen LogP contribution >= 0.6 is 0 Å². The van der Waals surface area contributed by atoms with Crippen LogP contribution in [0.15, 0.2) is 6.20 Å². The van der Waals surface area contributed by atoms with Crippen LogP contribution in [0.25, 0.3) is 0 Å². The predicted molar refractivity (Wildman–Crippen MR) is 72.6 cm³/mol. The lowest BCUT2D eigenvalue weighted by Gasteiger charge is -2.21. The maximum absolute atomic E-state index is 13.7. The Hall–Kier alpha value is -1.43. The molecule has 0 saturated heterocycles. The van der Waals surface area contributed by atoms with Crippen molar-refractivity contribution in [1.29, 1.82) is 0 Å². The molecule has 0 fully saturated rings. The molecular formula is C12H22FN5. The Balaban J connectivity index is 2.72. The maximum atomic E-state index is 13.7. The molecule has 0 aliphatic heterocycles. The molecule has 0 spiro atoms. The first-order chi connectivity index (χ1) is 8.54. The predicted octanol–water partition coefficient (Wildman–Crippen LogP) is 1.44. The second kappa shape index (κ2) is 7.10. The van der Waals surface area contributed by atoms with Gasteiger partial charge in [-0.25, -0.2) is 9.37 Å². The van der Waals surface area contributed by atoms with Gasteiger partial charge in [0.1, 0.15) is 0 Å². The number of hydrogen-bond donors (Lipinski definition) is 1. The summed E-state index contributed by atoms with van der Waals surface area (Å²) in [6.45, 7) is 4.40. The molecule has 0 aliphatic carbocycles. The molecule has 0 bridgehead atoms. The number of anilines is 2. The van der Waals surface area contributed by atoms with Crippen LogP contribution in [0.1, 0.15) is 13.3 Å². The summed E-state index contributed by atoms with van der Waals surface area (Å²) in [4.78, 5) is 12.0. The fourth-order valence-electron chi connectivity index (χ4n) is 1.40. The number of halogens is 1. The van der Waals surface area contributed by atoms with Gasteiger partial charge < -0.3 is 15.1 Å². The first kappa shape index (κ1) is 14.6. The Morgan fingerprint density at radius 1 is 1.28 bits per heavy atom. The minimum absolute atomic E-state index is 0.338. The average Bonchev–Trinajstić information content (AvgIpc) is 2.35. The van der Waals surface area contributed by atoms with E-state index in [9.17, 15) is 4.39 Å². The third kappa shape index (κ3) is 4.44. The SMILES string of the molecule is CCCNc1ncc(F)c(N(C)CCN(C)C)n1. The summed E-state index contributed by atoms with van der Waals surface area (Å²) in [5.41, 5.74) is 0. The van der Waals surface area contributed by atoms with Gasteiger partial charge in [-0.05, 0) is 20.5 Å². The zero-order valence-electron chi connectivity index (χ0n) is 11.6. The van der Waals surface area contributed by atoms with Gasteiger partial charge in [0.25, 0.3) is 0 Å². The molecule has 18 heavy (non-hydrogen) atoms. The van der Waals surface area contributed by atoms with E-state index in [4.69, 9.17) is 0 Å². The summed E-state index contributed by atoms with van der Waals surface area (Å²) in [6.07, 6.45) is 2.19. The van der Waals surface area contributed by atoms with E-state index in [2.05, 4.69) is 22.2 Å². The summed E-state index contributed by atoms with van der Waals surface area (Å²) in [6, 6.07) is 0. The van der Waals surface area contributed by atoms with Crippen molar-refractivity contribution < 1.29 is 4.39 Å². The molecule has 0 unspecified atom stereocenters. The Morgan fingerprint density at radius 3 is 2.61 bits per heavy atom. The second-order valence-corrected chi connectivity index (χ2v) is 4.52. The molecule has 0 saturated carbocycles. The fourth-order valence-corrected chi connectivity index (χ4v) is 1.40. The lowest BCUT2D eigenvalue weighted by molar-refractivity contribution is 0.415. The third-order valence-electron chi connectivity index (χ3n) is 2.50. The monoisotopic (exact) mass is 255 g/mol. The minimum Gasteiger partial charge on any atom is -0.356 e. The van der Waals surface area contributed by atoms with Crippen LogP contribution < -0.4 is 10.2 Å². The molecule has 0 amide bonds. The smallest absolute Gasteiger partial charge is 0.224 e. The Kier molecular flexibility index (Phi) is 5.77. The van der Waals surface area contributed by atoms with Crippen molar-refractivity contribution in [2.45, 2.75) is 13.3 Å². The van der Waals surface area contributed by atoms with Gasteiger partial charge in [0.2, 0.25) is 5.95 Å². The largest absolute Gasteiger partial charge is 0.356 e. The van der Waals surface area contributed by atoms with Crippen molar-refractivity contribution >= 4 is 11.8 Å². The normalized spacial score (nSPS) is 10.8. The summed E-state index contributed by atoms with van der Waals surface area (Å²) in [5.74, 6) is 0.425. The second-order valence-electron chi connectivity index (χ2n) is 4.52. The van der Waals surface area contributed by atoms with Gasteiger partial charge in [-0.2, -0.15) is 4.98 Å². The highest BCUT2D eigenvalue weighted by molar-refractivity contribution is 5.43. The van der Waals surface area contributed by atoms with Crippen molar-refractivity contribution in [2.24, 2.45) is 0 Å². The van der Waals surface area contributed by atoms with E-state index in [-0.39, 0.29) is 0 Å². The van der Waals surface area contributed by atoms with Crippen LogP contribution in [-0.4, -0.2) is 55.6 Å². The van der Waals surface area contributed by atoms with Crippen molar-refractivity contribution in [3.05, 3.63) is 12.0 Å². The van der Waals surface area contributed by atoms with Gasteiger partial charge >= 0.3 is 0 Å². The van der Waals surface area contributed by atoms with Gasteiger partial charge in [-0.1, -0.05) is 6.92 Å². The molecule has 1 rings (SSSR count). The Labute approximate surface area is 108 Å². The molecule has 1 aromatic heterocycles. The molecule has 6 heteroatoms. The lowest BCUT2D eigenvalue weighted by atomic mass is 10.4. The highest BCUT2D eigenvalue weighted by atomic mass is 19.1. The van der Waals surface area contributed by atoms with E-state index in [1.807, 2.05) is 26.0 Å². The summed E-state index contributed by atoms with van der Waals surface area (Å²) >= 11 is 0. The number of rotatable bonds is 7. The highest BCUT2D eigenvalue weighted by Gasteiger charge is 2.11. The molecule has 1 N–H and O–H groups in total. The first-order valence-electron chi connectivity index (χ1n) is 6.17. The van der Waals surface area contributed by atoms with E-state index >= 15 is 0 Å². The molecule has 0 atom stereocenters. The molecule has 5 nitrogen and oxygen atoms in total. The van der Waals surface area contributed by atoms with Gasteiger partial charge in [0, 0.05) is 26.7 Å². The van der Waals surface area contributed by atoms with Crippen LogP contribution in [0, 0.1) is 5.82 Å². The Bertz CT molecular complexity index is 369. The maximum Gasteiger partial charge on any atom is 0.224 e. The number of likely N-dealkylation sites (N-methyl/N-ethyl adjacent to an activating group) is 2. The van der Waals surface area contributed by atoms with Crippen LogP contribution in [0.4, 0.5) is 16.2 Å². The molecular weight excluding hydrogens is 233 g/mol. The van der Waals surface area contributed by atoms with Crippen LogP contribution in [-0.2, 0) is 0 Å². The number of aromatic nitrogens is 2. The molecule has 0 aromatic carbocycles. The Morgan fingerprint density at radius 2 is 2.00 bits per heavy atom.